The topological polar surface area (TPSA) is 21.3 Å². The summed E-state index contributed by atoms with van der Waals surface area (Å²) in [4.78, 5) is 0. The third kappa shape index (κ3) is 1.37. The van der Waals surface area contributed by atoms with Crippen LogP contribution in [-0.2, 0) is 11.3 Å². The summed E-state index contributed by atoms with van der Waals surface area (Å²) in [7, 11) is 0. The van der Waals surface area contributed by atoms with Crippen molar-refractivity contribution in [3.8, 4) is 0 Å². The number of nitrogens with one attached hydrogen (secondary N) is 1. The lowest BCUT2D eigenvalue weighted by atomic mass is 9.82. The van der Waals surface area contributed by atoms with Crippen molar-refractivity contribution >= 4 is 15.9 Å². The zero-order chi connectivity index (χ0) is 10.5. The zero-order valence-corrected chi connectivity index (χ0v) is 10.3. The lowest BCUT2D eigenvalue weighted by Crippen LogP contribution is -2.39. The molecule has 2 aliphatic heterocycles. The molecule has 0 saturated carbocycles. The third-order valence-electron chi connectivity index (χ3n) is 3.64. The molecule has 0 aromatic heterocycles. The number of hydrogen-bond donors (Lipinski definition) is 1. The van der Waals surface area contributed by atoms with Crippen molar-refractivity contribution in [1.29, 1.82) is 0 Å². The Morgan fingerprint density at radius 3 is 3.27 bits per heavy atom. The fourth-order valence-electron chi connectivity index (χ4n) is 2.69. The van der Waals surface area contributed by atoms with Crippen molar-refractivity contribution in [2.75, 3.05) is 13.1 Å². The van der Waals surface area contributed by atoms with Crippen molar-refractivity contribution < 1.29 is 4.74 Å². The maximum atomic E-state index is 6.00. The van der Waals surface area contributed by atoms with Gasteiger partial charge in [-0.3, -0.25) is 0 Å². The van der Waals surface area contributed by atoms with E-state index in [0.29, 0.717) is 5.92 Å². The summed E-state index contributed by atoms with van der Waals surface area (Å²) < 4.78 is 7.18. The van der Waals surface area contributed by atoms with Crippen LogP contribution in [0.4, 0.5) is 0 Å². The summed E-state index contributed by atoms with van der Waals surface area (Å²) in [6.07, 6.45) is 0. The highest BCUT2D eigenvalue weighted by molar-refractivity contribution is 9.10. The molecule has 1 saturated heterocycles. The zero-order valence-electron chi connectivity index (χ0n) is 8.72. The van der Waals surface area contributed by atoms with Gasteiger partial charge in [-0.25, -0.2) is 0 Å². The van der Waals surface area contributed by atoms with Crippen LogP contribution in [0.25, 0.3) is 0 Å². The summed E-state index contributed by atoms with van der Waals surface area (Å²) >= 11 is 3.60. The number of fused-ring (bicyclic) bond motifs is 3. The van der Waals surface area contributed by atoms with Crippen LogP contribution in [0.5, 0.6) is 0 Å². The van der Waals surface area contributed by atoms with Crippen LogP contribution >= 0.6 is 15.9 Å². The monoisotopic (exact) mass is 267 g/mol. The highest BCUT2D eigenvalue weighted by Gasteiger charge is 2.44. The number of rotatable bonds is 0. The molecule has 2 aliphatic rings. The first-order valence-corrected chi connectivity index (χ1v) is 6.12. The summed E-state index contributed by atoms with van der Waals surface area (Å²) in [5, 5.41) is 3.42. The summed E-state index contributed by atoms with van der Waals surface area (Å²) in [6, 6.07) is 6.44. The second-order valence-electron chi connectivity index (χ2n) is 4.59. The molecule has 0 radical (unpaired) electrons. The van der Waals surface area contributed by atoms with Crippen molar-refractivity contribution in [2.45, 2.75) is 25.0 Å². The van der Waals surface area contributed by atoms with E-state index in [1.807, 2.05) is 0 Å². The molecule has 2 nitrogen and oxygen atoms in total. The summed E-state index contributed by atoms with van der Waals surface area (Å²) in [6.45, 7) is 4.93. The lowest BCUT2D eigenvalue weighted by Gasteiger charge is -2.37. The van der Waals surface area contributed by atoms with Crippen LogP contribution in [0.15, 0.2) is 22.7 Å². The van der Waals surface area contributed by atoms with Gasteiger partial charge < -0.3 is 10.1 Å². The van der Waals surface area contributed by atoms with Crippen molar-refractivity contribution in [3.05, 3.63) is 33.8 Å². The Morgan fingerprint density at radius 2 is 2.40 bits per heavy atom. The SMILES string of the molecule is C[C@@]12CNC[C@H]1c1cccc(Br)c1CO2. The number of benzene rings is 1. The standard InChI is InChI=1S/C12H14BrNO/c1-12-7-14-5-10(12)8-3-2-4-11(13)9(8)6-15-12/h2-4,10,14H,5-7H2,1H3/t10-,12+/m0/s1. The van der Waals surface area contributed by atoms with E-state index in [2.05, 4.69) is 46.4 Å². The van der Waals surface area contributed by atoms with E-state index in [0.717, 1.165) is 19.7 Å². The summed E-state index contributed by atoms with van der Waals surface area (Å²) in [5.74, 6) is 0.499. The fraction of sp³-hybridized carbons (Fsp3) is 0.500. The quantitative estimate of drug-likeness (QED) is 0.780. The minimum Gasteiger partial charge on any atom is -0.369 e. The number of halogens is 1. The van der Waals surface area contributed by atoms with E-state index >= 15 is 0 Å². The molecule has 1 fully saturated rings. The Labute approximate surface area is 98.1 Å². The Kier molecular flexibility index (Phi) is 2.16. The van der Waals surface area contributed by atoms with E-state index in [4.69, 9.17) is 4.74 Å². The van der Waals surface area contributed by atoms with Gasteiger partial charge in [0.1, 0.15) is 0 Å². The predicted molar refractivity (Wildman–Crippen MR) is 62.9 cm³/mol. The molecule has 80 valence electrons. The molecule has 15 heavy (non-hydrogen) atoms. The largest absolute Gasteiger partial charge is 0.369 e. The first kappa shape index (κ1) is 9.82. The van der Waals surface area contributed by atoms with Crippen LogP contribution < -0.4 is 5.32 Å². The van der Waals surface area contributed by atoms with Crippen molar-refractivity contribution in [2.24, 2.45) is 0 Å². The highest BCUT2D eigenvalue weighted by Crippen LogP contribution is 2.42. The normalized spacial score (nSPS) is 33.6. The smallest absolute Gasteiger partial charge is 0.0863 e. The Balaban J connectivity index is 2.13. The maximum absolute atomic E-state index is 6.00. The van der Waals surface area contributed by atoms with Crippen LogP contribution in [0.2, 0.25) is 0 Å². The van der Waals surface area contributed by atoms with E-state index in [-0.39, 0.29) is 5.60 Å². The molecule has 1 aromatic carbocycles. The lowest BCUT2D eigenvalue weighted by molar-refractivity contribution is -0.0520. The van der Waals surface area contributed by atoms with E-state index in [1.165, 1.54) is 15.6 Å². The minimum atomic E-state index is -0.00616. The minimum absolute atomic E-state index is 0.00616. The van der Waals surface area contributed by atoms with Gasteiger partial charge in [0.05, 0.1) is 12.2 Å². The highest BCUT2D eigenvalue weighted by atomic mass is 79.9. The van der Waals surface area contributed by atoms with E-state index in [1.54, 1.807) is 0 Å². The predicted octanol–water partition coefficient (Wildman–Crippen LogP) is 2.42. The summed E-state index contributed by atoms with van der Waals surface area (Å²) in [5.41, 5.74) is 2.76. The Bertz CT molecular complexity index is 407. The molecule has 0 bridgehead atoms. The van der Waals surface area contributed by atoms with Crippen LogP contribution in [0.3, 0.4) is 0 Å². The fourth-order valence-corrected chi connectivity index (χ4v) is 3.18. The van der Waals surface area contributed by atoms with E-state index < -0.39 is 0 Å². The molecule has 0 spiro atoms. The average molecular weight is 268 g/mol. The first-order valence-electron chi connectivity index (χ1n) is 5.33. The number of hydrogen-bond acceptors (Lipinski definition) is 2. The maximum Gasteiger partial charge on any atom is 0.0863 e. The van der Waals surface area contributed by atoms with Gasteiger partial charge in [0.2, 0.25) is 0 Å². The van der Waals surface area contributed by atoms with E-state index in [9.17, 15) is 0 Å². The van der Waals surface area contributed by atoms with Gasteiger partial charge in [0.15, 0.2) is 0 Å². The van der Waals surface area contributed by atoms with Crippen LogP contribution in [0.1, 0.15) is 24.0 Å². The van der Waals surface area contributed by atoms with Gasteiger partial charge in [0, 0.05) is 23.5 Å². The molecule has 0 unspecified atom stereocenters. The average Bonchev–Trinajstić information content (AvgIpc) is 2.60. The van der Waals surface area contributed by atoms with Gasteiger partial charge in [0.25, 0.3) is 0 Å². The van der Waals surface area contributed by atoms with Crippen LogP contribution in [-0.4, -0.2) is 18.7 Å². The molecule has 2 heterocycles. The Hall–Kier alpha value is -0.380. The first-order chi connectivity index (χ1) is 7.21. The number of ether oxygens (including phenoxy) is 1. The molecular weight excluding hydrogens is 254 g/mol. The second-order valence-corrected chi connectivity index (χ2v) is 5.45. The molecular formula is C12H14BrNO. The van der Waals surface area contributed by atoms with Crippen molar-refractivity contribution in [1.82, 2.24) is 5.32 Å². The van der Waals surface area contributed by atoms with Gasteiger partial charge in [-0.05, 0) is 24.1 Å². The van der Waals surface area contributed by atoms with Gasteiger partial charge in [-0.2, -0.15) is 0 Å². The van der Waals surface area contributed by atoms with Gasteiger partial charge >= 0.3 is 0 Å². The van der Waals surface area contributed by atoms with Crippen LogP contribution in [0, 0.1) is 0 Å². The molecule has 2 atom stereocenters. The molecule has 3 rings (SSSR count). The van der Waals surface area contributed by atoms with Crippen molar-refractivity contribution in [3.63, 3.8) is 0 Å². The molecule has 0 amide bonds. The molecule has 1 aromatic rings. The Morgan fingerprint density at radius 1 is 1.53 bits per heavy atom. The molecule has 0 aliphatic carbocycles. The van der Waals surface area contributed by atoms with Gasteiger partial charge in [-0.15, -0.1) is 0 Å². The van der Waals surface area contributed by atoms with Gasteiger partial charge in [-0.1, -0.05) is 28.1 Å². The molecule has 3 heteroatoms. The third-order valence-corrected chi connectivity index (χ3v) is 4.38. The second kappa shape index (κ2) is 3.30. The molecule has 1 N–H and O–H groups in total.